The van der Waals surface area contributed by atoms with E-state index in [1.807, 2.05) is 0 Å². The second-order valence-electron chi connectivity index (χ2n) is 2.78. The summed E-state index contributed by atoms with van der Waals surface area (Å²) in [4.78, 5) is 0. The van der Waals surface area contributed by atoms with Gasteiger partial charge in [-0.3, -0.25) is 0 Å². The summed E-state index contributed by atoms with van der Waals surface area (Å²) in [5, 5.41) is 10.7. The highest BCUT2D eigenvalue weighted by atomic mass is 35.5. The zero-order valence-corrected chi connectivity index (χ0v) is 9.23. The molecule has 0 heterocycles. The van der Waals surface area contributed by atoms with E-state index in [2.05, 4.69) is 11.8 Å². The van der Waals surface area contributed by atoms with E-state index in [1.165, 1.54) is 0 Å². The molecule has 1 aromatic carbocycles. The number of aliphatic hydroxyl groups excluding tert-OH is 1. The number of halogens is 2. The SMILES string of the molecule is CC#CCC(O)c1c(Cl)cccc1Cl. The summed E-state index contributed by atoms with van der Waals surface area (Å²) in [6.07, 6.45) is -0.372. The Hall–Kier alpha value is -0.680. The van der Waals surface area contributed by atoms with Crippen LogP contribution < -0.4 is 0 Å². The van der Waals surface area contributed by atoms with Crippen LogP contribution in [0.1, 0.15) is 25.0 Å². The monoisotopic (exact) mass is 228 g/mol. The Bertz CT molecular complexity index is 356. The highest BCUT2D eigenvalue weighted by molar-refractivity contribution is 6.36. The third-order valence-electron chi connectivity index (χ3n) is 1.81. The summed E-state index contributed by atoms with van der Waals surface area (Å²) >= 11 is 11.8. The molecular weight excluding hydrogens is 219 g/mol. The minimum Gasteiger partial charge on any atom is -0.387 e. The summed E-state index contributed by atoms with van der Waals surface area (Å²) in [7, 11) is 0. The normalized spacial score (nSPS) is 11.7. The smallest absolute Gasteiger partial charge is 0.0928 e. The highest BCUT2D eigenvalue weighted by Crippen LogP contribution is 2.31. The molecule has 1 unspecified atom stereocenters. The second-order valence-corrected chi connectivity index (χ2v) is 3.60. The van der Waals surface area contributed by atoms with Crippen molar-refractivity contribution in [1.29, 1.82) is 0 Å². The fourth-order valence-electron chi connectivity index (χ4n) is 1.13. The Morgan fingerprint density at radius 1 is 1.36 bits per heavy atom. The molecule has 0 aliphatic carbocycles. The van der Waals surface area contributed by atoms with E-state index in [0.29, 0.717) is 22.0 Å². The van der Waals surface area contributed by atoms with Crippen LogP contribution in [0.15, 0.2) is 18.2 Å². The van der Waals surface area contributed by atoms with Gasteiger partial charge in [-0.1, -0.05) is 29.3 Å². The molecule has 74 valence electrons. The molecule has 3 heteroatoms. The van der Waals surface area contributed by atoms with Gasteiger partial charge in [0.1, 0.15) is 0 Å². The first-order valence-corrected chi connectivity index (χ1v) is 4.94. The van der Waals surface area contributed by atoms with E-state index >= 15 is 0 Å². The van der Waals surface area contributed by atoms with Crippen molar-refractivity contribution in [1.82, 2.24) is 0 Å². The van der Waals surface area contributed by atoms with Crippen LogP contribution in [0.4, 0.5) is 0 Å². The number of benzene rings is 1. The molecule has 1 N–H and O–H groups in total. The van der Waals surface area contributed by atoms with E-state index in [-0.39, 0.29) is 0 Å². The van der Waals surface area contributed by atoms with E-state index in [4.69, 9.17) is 23.2 Å². The largest absolute Gasteiger partial charge is 0.387 e. The fraction of sp³-hybridized carbons (Fsp3) is 0.273. The van der Waals surface area contributed by atoms with Crippen LogP contribution in [0.2, 0.25) is 10.0 Å². The lowest BCUT2D eigenvalue weighted by molar-refractivity contribution is 0.184. The lowest BCUT2D eigenvalue weighted by Gasteiger charge is -2.11. The summed E-state index contributed by atoms with van der Waals surface area (Å²) in [5.41, 5.74) is 0.554. The van der Waals surface area contributed by atoms with Gasteiger partial charge in [-0.05, 0) is 19.1 Å². The zero-order chi connectivity index (χ0) is 10.6. The van der Waals surface area contributed by atoms with Gasteiger partial charge in [0.05, 0.1) is 6.10 Å². The van der Waals surface area contributed by atoms with E-state index in [0.717, 1.165) is 0 Å². The Labute approximate surface area is 93.7 Å². The maximum atomic E-state index is 9.74. The van der Waals surface area contributed by atoms with Crippen LogP contribution in [-0.4, -0.2) is 5.11 Å². The molecule has 1 rings (SSSR count). The Kier molecular flexibility index (Phi) is 4.28. The summed E-state index contributed by atoms with van der Waals surface area (Å²) in [6.45, 7) is 1.72. The molecule has 0 fully saturated rings. The molecule has 1 atom stereocenters. The van der Waals surface area contributed by atoms with Crippen molar-refractivity contribution in [3.05, 3.63) is 33.8 Å². The van der Waals surface area contributed by atoms with Gasteiger partial charge in [0.15, 0.2) is 0 Å². The van der Waals surface area contributed by atoms with Crippen molar-refractivity contribution < 1.29 is 5.11 Å². The van der Waals surface area contributed by atoms with Crippen molar-refractivity contribution in [2.45, 2.75) is 19.4 Å². The number of hydrogen-bond donors (Lipinski definition) is 1. The van der Waals surface area contributed by atoms with Crippen molar-refractivity contribution in [2.75, 3.05) is 0 Å². The van der Waals surface area contributed by atoms with Crippen LogP contribution in [0.3, 0.4) is 0 Å². The number of hydrogen-bond acceptors (Lipinski definition) is 1. The average Bonchev–Trinajstić information content (AvgIpc) is 2.14. The molecule has 1 aromatic rings. The molecule has 0 saturated carbocycles. The molecular formula is C11H10Cl2O. The maximum absolute atomic E-state index is 9.74. The van der Waals surface area contributed by atoms with E-state index in [1.54, 1.807) is 25.1 Å². The van der Waals surface area contributed by atoms with Crippen molar-refractivity contribution >= 4 is 23.2 Å². The molecule has 0 amide bonds. The predicted molar refractivity (Wildman–Crippen MR) is 59.5 cm³/mol. The first-order chi connectivity index (χ1) is 6.66. The van der Waals surface area contributed by atoms with Crippen molar-refractivity contribution in [3.8, 4) is 11.8 Å². The third-order valence-corrected chi connectivity index (χ3v) is 2.46. The van der Waals surface area contributed by atoms with Crippen molar-refractivity contribution in [2.24, 2.45) is 0 Å². The molecule has 14 heavy (non-hydrogen) atoms. The second kappa shape index (κ2) is 5.26. The van der Waals surface area contributed by atoms with Gasteiger partial charge in [-0.25, -0.2) is 0 Å². The van der Waals surface area contributed by atoms with Gasteiger partial charge >= 0.3 is 0 Å². The first-order valence-electron chi connectivity index (χ1n) is 4.18. The molecule has 0 aromatic heterocycles. The Morgan fingerprint density at radius 3 is 2.43 bits per heavy atom. The lowest BCUT2D eigenvalue weighted by atomic mass is 10.1. The first kappa shape index (κ1) is 11.4. The van der Waals surface area contributed by atoms with E-state index < -0.39 is 6.10 Å². The quantitative estimate of drug-likeness (QED) is 0.770. The van der Waals surface area contributed by atoms with Gasteiger partial charge in [0, 0.05) is 22.0 Å². The molecule has 0 spiro atoms. The predicted octanol–water partition coefficient (Wildman–Crippen LogP) is 3.44. The standard InChI is InChI=1S/C11H10Cl2O/c1-2-3-7-10(14)11-8(12)5-4-6-9(11)13/h4-6,10,14H,7H2,1H3. The molecule has 0 bridgehead atoms. The fourth-order valence-corrected chi connectivity index (χ4v) is 1.78. The van der Waals surface area contributed by atoms with Gasteiger partial charge in [0.2, 0.25) is 0 Å². The van der Waals surface area contributed by atoms with Crippen LogP contribution in [-0.2, 0) is 0 Å². The van der Waals surface area contributed by atoms with Gasteiger partial charge in [0.25, 0.3) is 0 Å². The summed E-state index contributed by atoms with van der Waals surface area (Å²) in [6, 6.07) is 5.14. The Balaban J connectivity index is 2.97. The van der Waals surface area contributed by atoms with Crippen LogP contribution in [0.25, 0.3) is 0 Å². The lowest BCUT2D eigenvalue weighted by Crippen LogP contribution is -1.98. The molecule has 1 nitrogen and oxygen atoms in total. The maximum Gasteiger partial charge on any atom is 0.0928 e. The topological polar surface area (TPSA) is 20.2 Å². The third kappa shape index (κ3) is 2.65. The molecule has 0 saturated heterocycles. The van der Waals surface area contributed by atoms with Crippen molar-refractivity contribution in [3.63, 3.8) is 0 Å². The number of aliphatic hydroxyl groups is 1. The summed E-state index contributed by atoms with van der Waals surface area (Å²) in [5.74, 6) is 5.49. The Morgan fingerprint density at radius 2 is 1.93 bits per heavy atom. The zero-order valence-electron chi connectivity index (χ0n) is 7.72. The summed E-state index contributed by atoms with van der Waals surface area (Å²) < 4.78 is 0. The average molecular weight is 229 g/mol. The van der Waals surface area contributed by atoms with Crippen LogP contribution in [0, 0.1) is 11.8 Å². The van der Waals surface area contributed by atoms with Gasteiger partial charge in [-0.15, -0.1) is 11.8 Å². The number of rotatable bonds is 2. The van der Waals surface area contributed by atoms with Crippen LogP contribution in [0.5, 0.6) is 0 Å². The molecule has 0 aliphatic heterocycles. The molecule has 0 radical (unpaired) electrons. The van der Waals surface area contributed by atoms with Crippen LogP contribution >= 0.6 is 23.2 Å². The highest BCUT2D eigenvalue weighted by Gasteiger charge is 2.13. The minimum absolute atomic E-state index is 0.347. The minimum atomic E-state index is -0.719. The van der Waals surface area contributed by atoms with Gasteiger partial charge < -0.3 is 5.11 Å². The molecule has 0 aliphatic rings. The van der Waals surface area contributed by atoms with Gasteiger partial charge in [-0.2, -0.15) is 0 Å². The van der Waals surface area contributed by atoms with E-state index in [9.17, 15) is 5.11 Å².